The lowest BCUT2D eigenvalue weighted by Gasteiger charge is -1.80. The molecular formula is C5H5IO3. The van der Waals surface area contributed by atoms with Crippen molar-refractivity contribution < 1.29 is 8.83 Å². The third-order valence-corrected chi connectivity index (χ3v) is 1.74. The smallest absolute Gasteiger partial charge is 0.395 e. The lowest BCUT2D eigenvalue weighted by Crippen LogP contribution is -1.85. The summed E-state index contributed by atoms with van der Waals surface area (Å²) in [6.45, 7) is 1.90. The molecule has 0 bridgehead atoms. The monoisotopic (exact) mass is 240 g/mol. The van der Waals surface area contributed by atoms with Gasteiger partial charge in [0.25, 0.3) is 0 Å². The van der Waals surface area contributed by atoms with Crippen LogP contribution < -0.4 is 5.82 Å². The molecule has 0 spiro atoms. The van der Waals surface area contributed by atoms with Crippen molar-refractivity contribution in [2.75, 3.05) is 0 Å². The van der Waals surface area contributed by atoms with Gasteiger partial charge in [0.15, 0.2) is 5.76 Å². The molecule has 1 aromatic rings. The second-order valence-corrected chi connectivity index (χ2v) is 2.48. The largest absolute Gasteiger partial charge is 0.519 e. The van der Waals surface area contributed by atoms with Gasteiger partial charge in [0, 0.05) is 29.0 Å². The van der Waals surface area contributed by atoms with Crippen molar-refractivity contribution in [1.82, 2.24) is 0 Å². The van der Waals surface area contributed by atoms with Gasteiger partial charge in [-0.3, -0.25) is 0 Å². The van der Waals surface area contributed by atoms with Crippen LogP contribution in [0.2, 0.25) is 0 Å². The predicted molar refractivity (Wildman–Crippen MR) is 39.3 cm³/mol. The first-order valence-electron chi connectivity index (χ1n) is 2.52. The molecule has 0 N–H and O–H groups in total. The summed E-state index contributed by atoms with van der Waals surface area (Å²) in [4.78, 5) is 10.3. The summed E-state index contributed by atoms with van der Waals surface area (Å²) in [6, 6.07) is 0. The summed E-state index contributed by atoms with van der Waals surface area (Å²) in [5.41, 5.74) is 0. The number of hydrogen-bond donors (Lipinski definition) is 0. The molecule has 0 aromatic carbocycles. The van der Waals surface area contributed by atoms with E-state index in [2.05, 4.69) is 8.83 Å². The molecule has 0 fully saturated rings. The van der Waals surface area contributed by atoms with Crippen molar-refractivity contribution in [3.63, 3.8) is 0 Å². The second kappa shape index (κ2) is 2.55. The third kappa shape index (κ3) is 1.35. The molecule has 1 aromatic heterocycles. The Bertz CT molecular complexity index is 247. The molecule has 0 aliphatic carbocycles. The van der Waals surface area contributed by atoms with E-state index < -0.39 is 5.82 Å². The minimum absolute atomic E-state index is 0.556. The maximum Gasteiger partial charge on any atom is 0.519 e. The second-order valence-electron chi connectivity index (χ2n) is 1.50. The molecule has 50 valence electrons. The van der Waals surface area contributed by atoms with E-state index in [0.29, 0.717) is 15.9 Å². The highest BCUT2D eigenvalue weighted by Crippen LogP contribution is 2.09. The van der Waals surface area contributed by atoms with Gasteiger partial charge in [0.05, 0.1) is 0 Å². The lowest BCUT2D eigenvalue weighted by molar-refractivity contribution is 0.370. The topological polar surface area (TPSA) is 43.4 Å². The Labute approximate surface area is 65.2 Å². The van der Waals surface area contributed by atoms with Crippen molar-refractivity contribution in [2.45, 2.75) is 13.3 Å². The summed E-state index contributed by atoms with van der Waals surface area (Å²) in [7, 11) is 0. The zero-order valence-corrected chi connectivity index (χ0v) is 6.97. The maximum absolute atomic E-state index is 10.3. The van der Waals surface area contributed by atoms with E-state index in [4.69, 9.17) is 0 Å². The van der Waals surface area contributed by atoms with E-state index in [0.717, 1.165) is 0 Å². The third-order valence-electron chi connectivity index (χ3n) is 0.920. The molecule has 0 aliphatic rings. The van der Waals surface area contributed by atoms with Crippen LogP contribution >= 0.6 is 22.6 Å². The van der Waals surface area contributed by atoms with Crippen LogP contribution in [0.5, 0.6) is 0 Å². The average molecular weight is 240 g/mol. The standard InChI is InChI=1S/C5H5IO3/c1-2-3-4(6)9-5(7)8-3/h2H2,1H3. The van der Waals surface area contributed by atoms with E-state index in [-0.39, 0.29) is 0 Å². The van der Waals surface area contributed by atoms with Crippen LogP contribution in [-0.4, -0.2) is 0 Å². The zero-order valence-electron chi connectivity index (χ0n) is 4.81. The van der Waals surface area contributed by atoms with Gasteiger partial charge in [0.2, 0.25) is 3.77 Å². The molecule has 0 unspecified atom stereocenters. The molecule has 0 saturated carbocycles. The number of halogens is 1. The molecule has 0 radical (unpaired) electrons. The predicted octanol–water partition coefficient (Wildman–Crippen LogP) is 1.40. The minimum atomic E-state index is -0.615. The number of aryl methyl sites for hydroxylation is 1. The van der Waals surface area contributed by atoms with Crippen molar-refractivity contribution >= 4 is 22.6 Å². The fraction of sp³-hybridized carbons (Fsp3) is 0.400. The van der Waals surface area contributed by atoms with Crippen LogP contribution in [0.15, 0.2) is 13.6 Å². The Hall–Kier alpha value is -0.260. The number of hydrogen-bond acceptors (Lipinski definition) is 3. The fourth-order valence-corrected chi connectivity index (χ4v) is 1.17. The molecule has 0 aliphatic heterocycles. The average Bonchev–Trinajstić information content (AvgIpc) is 2.10. The van der Waals surface area contributed by atoms with Gasteiger partial charge in [0.1, 0.15) is 0 Å². The van der Waals surface area contributed by atoms with Crippen LogP contribution in [0.3, 0.4) is 0 Å². The molecule has 4 heteroatoms. The Morgan fingerprint density at radius 1 is 1.56 bits per heavy atom. The quantitative estimate of drug-likeness (QED) is 0.697. The molecule has 9 heavy (non-hydrogen) atoms. The SMILES string of the molecule is CCc1oc(=O)oc1I. The first-order valence-corrected chi connectivity index (χ1v) is 3.60. The van der Waals surface area contributed by atoms with Gasteiger partial charge < -0.3 is 8.83 Å². The Morgan fingerprint density at radius 2 is 2.22 bits per heavy atom. The first kappa shape index (κ1) is 6.85. The van der Waals surface area contributed by atoms with E-state index in [1.165, 1.54) is 0 Å². The molecular weight excluding hydrogens is 235 g/mol. The maximum atomic E-state index is 10.3. The van der Waals surface area contributed by atoms with Crippen molar-refractivity contribution in [1.29, 1.82) is 0 Å². The normalized spacial score (nSPS) is 10.0. The minimum Gasteiger partial charge on any atom is -0.395 e. The van der Waals surface area contributed by atoms with Crippen LogP contribution in [0.1, 0.15) is 12.7 Å². The molecule has 0 amide bonds. The van der Waals surface area contributed by atoms with Gasteiger partial charge in [-0.15, -0.1) is 0 Å². The van der Waals surface area contributed by atoms with Gasteiger partial charge in [-0.05, 0) is 0 Å². The van der Waals surface area contributed by atoms with Gasteiger partial charge in [-0.25, -0.2) is 4.79 Å². The fourth-order valence-electron chi connectivity index (χ4n) is 0.503. The first-order chi connectivity index (χ1) is 4.24. The van der Waals surface area contributed by atoms with Gasteiger partial charge in [-0.2, -0.15) is 0 Å². The Balaban J connectivity index is 3.16. The molecule has 0 atom stereocenters. The van der Waals surface area contributed by atoms with Crippen LogP contribution in [0.4, 0.5) is 0 Å². The molecule has 1 rings (SSSR count). The van der Waals surface area contributed by atoms with Crippen LogP contribution in [-0.2, 0) is 6.42 Å². The van der Waals surface area contributed by atoms with Crippen molar-refractivity contribution in [2.24, 2.45) is 0 Å². The zero-order chi connectivity index (χ0) is 6.85. The summed E-state index contributed by atoms with van der Waals surface area (Å²) >= 11 is 1.92. The number of rotatable bonds is 1. The molecule has 1 heterocycles. The van der Waals surface area contributed by atoms with E-state index in [9.17, 15) is 4.79 Å². The van der Waals surface area contributed by atoms with Crippen molar-refractivity contribution in [3.8, 4) is 0 Å². The highest BCUT2D eigenvalue weighted by atomic mass is 127. The molecule has 3 nitrogen and oxygen atoms in total. The van der Waals surface area contributed by atoms with Crippen molar-refractivity contribution in [3.05, 3.63) is 20.1 Å². The van der Waals surface area contributed by atoms with Gasteiger partial charge >= 0.3 is 5.82 Å². The Kier molecular flexibility index (Phi) is 1.94. The highest BCUT2D eigenvalue weighted by Gasteiger charge is 2.05. The lowest BCUT2D eigenvalue weighted by atomic mass is 10.4. The van der Waals surface area contributed by atoms with E-state index >= 15 is 0 Å². The van der Waals surface area contributed by atoms with Gasteiger partial charge in [-0.1, -0.05) is 6.92 Å². The highest BCUT2D eigenvalue weighted by molar-refractivity contribution is 14.1. The summed E-state index contributed by atoms with van der Waals surface area (Å²) in [5.74, 6) is 0.0110. The van der Waals surface area contributed by atoms with Crippen LogP contribution in [0.25, 0.3) is 0 Å². The molecule has 0 saturated heterocycles. The summed E-state index contributed by atoms with van der Waals surface area (Å²) < 4.78 is 9.76. The van der Waals surface area contributed by atoms with E-state index in [1.54, 1.807) is 0 Å². The Morgan fingerprint density at radius 3 is 2.44 bits per heavy atom. The summed E-state index contributed by atoms with van der Waals surface area (Å²) in [6.07, 6.45) is 0.698. The van der Waals surface area contributed by atoms with Crippen LogP contribution in [0, 0.1) is 3.77 Å². The summed E-state index contributed by atoms with van der Waals surface area (Å²) in [5, 5.41) is 0. The van der Waals surface area contributed by atoms with E-state index in [1.807, 2.05) is 29.5 Å².